The second-order valence-electron chi connectivity index (χ2n) is 9.97. The van der Waals surface area contributed by atoms with Gasteiger partial charge in [0, 0.05) is 12.8 Å². The summed E-state index contributed by atoms with van der Waals surface area (Å²) < 4.78 is 63.9. The van der Waals surface area contributed by atoms with Crippen molar-refractivity contribution in [3.63, 3.8) is 0 Å². The van der Waals surface area contributed by atoms with Gasteiger partial charge in [-0.2, -0.15) is 0 Å². The van der Waals surface area contributed by atoms with Crippen molar-refractivity contribution in [2.75, 3.05) is 0 Å². The lowest BCUT2D eigenvalue weighted by molar-refractivity contribution is -0.274. The molecule has 8 heteroatoms. The molecule has 1 fully saturated rings. The Morgan fingerprint density at radius 3 is 2.54 bits per heavy atom. The Hall–Kier alpha value is -3.29. The molecule has 0 aromatic heterocycles. The van der Waals surface area contributed by atoms with Gasteiger partial charge in [0.2, 0.25) is 0 Å². The number of benzene rings is 2. The first kappa shape index (κ1) is 26.8. The van der Waals surface area contributed by atoms with E-state index in [4.69, 9.17) is 9.84 Å². The van der Waals surface area contributed by atoms with Crippen LogP contribution in [-0.4, -0.2) is 23.6 Å². The maximum atomic E-state index is 14.4. The topological polar surface area (TPSA) is 55.8 Å². The van der Waals surface area contributed by atoms with Gasteiger partial charge in [0.05, 0.1) is 0 Å². The molecular formula is C29H30F4O4. The van der Waals surface area contributed by atoms with Crippen LogP contribution < -0.4 is 9.47 Å². The zero-order valence-electron chi connectivity index (χ0n) is 21.0. The molecule has 3 unspecified atom stereocenters. The van der Waals surface area contributed by atoms with Gasteiger partial charge in [-0.1, -0.05) is 24.3 Å². The van der Waals surface area contributed by atoms with Crippen molar-refractivity contribution in [2.45, 2.75) is 71.5 Å². The number of carbonyl (C=O) groups is 1. The molecule has 4 rings (SSSR count). The van der Waals surface area contributed by atoms with Crippen molar-refractivity contribution in [1.82, 2.24) is 0 Å². The van der Waals surface area contributed by atoms with E-state index in [0.717, 1.165) is 34.2 Å². The molecule has 4 nitrogen and oxygen atoms in total. The third-order valence-corrected chi connectivity index (χ3v) is 7.27. The molecule has 2 aromatic rings. The van der Waals surface area contributed by atoms with Gasteiger partial charge < -0.3 is 14.6 Å². The van der Waals surface area contributed by atoms with Crippen LogP contribution in [0.4, 0.5) is 17.6 Å². The van der Waals surface area contributed by atoms with Crippen LogP contribution in [0.2, 0.25) is 0 Å². The molecular weight excluding hydrogens is 488 g/mol. The number of carboxylic acid groups (broad SMARTS) is 1. The third kappa shape index (κ3) is 6.17. The van der Waals surface area contributed by atoms with Crippen LogP contribution in [0.15, 0.2) is 42.0 Å². The molecule has 0 amide bonds. The first-order valence-corrected chi connectivity index (χ1v) is 12.2. The van der Waals surface area contributed by atoms with E-state index < -0.39 is 18.5 Å². The fourth-order valence-electron chi connectivity index (χ4n) is 5.09. The van der Waals surface area contributed by atoms with Crippen molar-refractivity contribution in [1.29, 1.82) is 0 Å². The molecule has 0 spiro atoms. The second kappa shape index (κ2) is 10.2. The molecule has 1 saturated carbocycles. The highest BCUT2D eigenvalue weighted by Gasteiger charge is 2.46. The van der Waals surface area contributed by atoms with Crippen LogP contribution in [0.25, 0.3) is 6.08 Å². The van der Waals surface area contributed by atoms with E-state index in [1.54, 1.807) is 19.1 Å². The Balaban J connectivity index is 1.63. The molecule has 0 bridgehead atoms. The highest BCUT2D eigenvalue weighted by atomic mass is 19.4. The van der Waals surface area contributed by atoms with E-state index in [-0.39, 0.29) is 37.0 Å². The molecule has 2 aromatic carbocycles. The number of aryl methyl sites for hydroxylation is 1. The number of hydrogen-bond donors (Lipinski definition) is 1. The van der Waals surface area contributed by atoms with E-state index in [0.29, 0.717) is 28.9 Å². The smallest absolute Gasteiger partial charge is 0.489 e. The molecule has 0 aliphatic heterocycles. The Labute approximate surface area is 213 Å². The Morgan fingerprint density at radius 2 is 1.89 bits per heavy atom. The fraction of sp³-hybridized carbons (Fsp3) is 0.414. The number of carboxylic acids is 1. The van der Waals surface area contributed by atoms with Gasteiger partial charge in [-0.25, -0.2) is 4.39 Å². The van der Waals surface area contributed by atoms with E-state index in [1.165, 1.54) is 12.1 Å². The Morgan fingerprint density at radius 1 is 1.16 bits per heavy atom. The largest absolute Gasteiger partial charge is 0.573 e. The molecule has 0 heterocycles. The van der Waals surface area contributed by atoms with Gasteiger partial charge in [0.15, 0.2) is 0 Å². The Kier molecular flexibility index (Phi) is 7.40. The average Bonchev–Trinajstić information content (AvgIpc) is 3.59. The number of hydrogen-bond acceptors (Lipinski definition) is 3. The minimum absolute atomic E-state index is 0.0200. The first-order chi connectivity index (χ1) is 17.3. The molecule has 3 atom stereocenters. The summed E-state index contributed by atoms with van der Waals surface area (Å²) in [6.45, 7) is 9.10. The standard InChI is InChI=1S/C29H30F4O4/c1-15(2)25(30)12-19-9-20-10-22(37-29(31,32)33)11-21(28(20)24-13-23(19)24)14-36-26-7-5-18(6-8-27(34)35)16(3)17(26)4/h5,7,9-11,23-25H,1,6,8,12-14H2,2-4H3,(H,34,35). The maximum Gasteiger partial charge on any atom is 0.573 e. The summed E-state index contributed by atoms with van der Waals surface area (Å²) >= 11 is 0. The fourth-order valence-corrected chi connectivity index (χ4v) is 5.09. The van der Waals surface area contributed by atoms with Crippen LogP contribution in [0.3, 0.4) is 0 Å². The SMILES string of the molecule is C=C(C)C(F)CC1=Cc2cc(OC(F)(F)F)cc(COc3ccc(CCC(=O)O)c(C)c3C)c2C2CC12. The zero-order chi connectivity index (χ0) is 27.1. The lowest BCUT2D eigenvalue weighted by Gasteiger charge is -2.23. The number of allylic oxidation sites excluding steroid dienone is 2. The van der Waals surface area contributed by atoms with Crippen LogP contribution in [0.5, 0.6) is 11.5 Å². The predicted octanol–water partition coefficient (Wildman–Crippen LogP) is 7.60. The molecule has 1 N–H and O–H groups in total. The monoisotopic (exact) mass is 518 g/mol. The highest BCUT2D eigenvalue weighted by molar-refractivity contribution is 5.69. The Bertz CT molecular complexity index is 1260. The lowest BCUT2D eigenvalue weighted by atomic mass is 9.86. The predicted molar refractivity (Wildman–Crippen MR) is 132 cm³/mol. The molecule has 198 valence electrons. The van der Waals surface area contributed by atoms with Gasteiger partial charge in [0.1, 0.15) is 24.3 Å². The number of rotatable bonds is 10. The summed E-state index contributed by atoms with van der Waals surface area (Å²) in [5.41, 5.74) is 6.09. The zero-order valence-corrected chi connectivity index (χ0v) is 21.0. The van der Waals surface area contributed by atoms with Crippen molar-refractivity contribution in [2.24, 2.45) is 5.92 Å². The first-order valence-electron chi connectivity index (χ1n) is 12.2. The van der Waals surface area contributed by atoms with E-state index in [9.17, 15) is 22.4 Å². The highest BCUT2D eigenvalue weighted by Crippen LogP contribution is 2.59. The summed E-state index contributed by atoms with van der Waals surface area (Å²) in [7, 11) is 0. The number of ether oxygens (including phenoxy) is 2. The lowest BCUT2D eigenvalue weighted by Crippen LogP contribution is -2.18. The molecule has 37 heavy (non-hydrogen) atoms. The summed E-state index contributed by atoms with van der Waals surface area (Å²) in [6, 6.07) is 6.32. The van der Waals surface area contributed by atoms with Gasteiger partial charge in [-0.3, -0.25) is 4.79 Å². The van der Waals surface area contributed by atoms with E-state index >= 15 is 0 Å². The summed E-state index contributed by atoms with van der Waals surface area (Å²) in [5.74, 6) is -0.370. The van der Waals surface area contributed by atoms with Crippen molar-refractivity contribution >= 4 is 12.0 Å². The van der Waals surface area contributed by atoms with Gasteiger partial charge in [0.25, 0.3) is 0 Å². The number of aliphatic carboxylic acids is 1. The normalized spacial score (nSPS) is 18.8. The summed E-state index contributed by atoms with van der Waals surface area (Å²) in [4.78, 5) is 10.9. The van der Waals surface area contributed by atoms with Crippen LogP contribution in [0.1, 0.15) is 65.5 Å². The molecule has 0 saturated heterocycles. The van der Waals surface area contributed by atoms with Crippen molar-refractivity contribution in [3.8, 4) is 11.5 Å². The van der Waals surface area contributed by atoms with Crippen LogP contribution in [-0.2, 0) is 17.8 Å². The van der Waals surface area contributed by atoms with Crippen molar-refractivity contribution in [3.05, 3.63) is 75.4 Å². The summed E-state index contributed by atoms with van der Waals surface area (Å²) in [5, 5.41) is 8.97. The number of alkyl halides is 4. The average molecular weight is 519 g/mol. The van der Waals surface area contributed by atoms with Crippen LogP contribution in [0, 0.1) is 19.8 Å². The summed E-state index contributed by atoms with van der Waals surface area (Å²) in [6.07, 6.45) is -2.85. The molecule has 0 radical (unpaired) electrons. The second-order valence-corrected chi connectivity index (χ2v) is 9.97. The van der Waals surface area contributed by atoms with E-state index in [1.807, 2.05) is 19.9 Å². The quantitative estimate of drug-likeness (QED) is 0.260. The minimum atomic E-state index is -4.85. The van der Waals surface area contributed by atoms with Crippen molar-refractivity contribution < 1.29 is 36.9 Å². The van der Waals surface area contributed by atoms with Crippen LogP contribution >= 0.6 is 0 Å². The molecule has 2 aliphatic carbocycles. The number of halogens is 4. The van der Waals surface area contributed by atoms with Gasteiger partial charge in [-0.15, -0.1) is 13.2 Å². The van der Waals surface area contributed by atoms with Gasteiger partial charge in [-0.05, 0) is 103 Å². The number of fused-ring (bicyclic) bond motifs is 3. The molecule has 2 aliphatic rings. The minimum Gasteiger partial charge on any atom is -0.489 e. The van der Waals surface area contributed by atoms with E-state index in [2.05, 4.69) is 11.3 Å². The third-order valence-electron chi connectivity index (χ3n) is 7.27. The van der Waals surface area contributed by atoms with Gasteiger partial charge >= 0.3 is 12.3 Å². The maximum absolute atomic E-state index is 14.4.